The smallest absolute Gasteiger partial charge is 0.271 e. The fraction of sp³-hybridized carbons (Fsp3) is 0.263. The van der Waals surface area contributed by atoms with E-state index in [1.54, 1.807) is 17.9 Å². The number of amides is 2. The maximum absolute atomic E-state index is 12.5. The van der Waals surface area contributed by atoms with Crippen LogP contribution in [0.2, 0.25) is 0 Å². The van der Waals surface area contributed by atoms with Gasteiger partial charge in [0.25, 0.3) is 5.69 Å². The molecule has 0 saturated carbocycles. The van der Waals surface area contributed by atoms with Gasteiger partial charge in [0.05, 0.1) is 16.5 Å². The van der Waals surface area contributed by atoms with Crippen LogP contribution < -0.4 is 5.32 Å². The maximum Gasteiger partial charge on any atom is 0.271 e. The molecule has 1 atom stereocenters. The Morgan fingerprint density at radius 2 is 2.00 bits per heavy atom. The highest BCUT2D eigenvalue weighted by Crippen LogP contribution is 2.25. The first kappa shape index (κ1) is 17.6. The minimum Gasteiger partial charge on any atom is -0.338 e. The van der Waals surface area contributed by atoms with E-state index in [-0.39, 0.29) is 23.9 Å². The summed E-state index contributed by atoms with van der Waals surface area (Å²) in [6, 6.07) is 13.9. The predicted octanol–water partition coefficient (Wildman–Crippen LogP) is 2.89. The van der Waals surface area contributed by atoms with Gasteiger partial charge in [-0.05, 0) is 18.1 Å². The maximum atomic E-state index is 12.5. The van der Waals surface area contributed by atoms with Gasteiger partial charge in [0.1, 0.15) is 0 Å². The lowest BCUT2D eigenvalue weighted by molar-refractivity contribution is -0.384. The number of nitro benzene ring substituents is 1. The monoisotopic (exact) mass is 353 g/mol. The van der Waals surface area contributed by atoms with Gasteiger partial charge in [0.2, 0.25) is 11.8 Å². The summed E-state index contributed by atoms with van der Waals surface area (Å²) in [7, 11) is 0. The molecule has 3 rings (SSSR count). The Morgan fingerprint density at radius 1 is 1.27 bits per heavy atom. The first-order chi connectivity index (χ1) is 12.4. The van der Waals surface area contributed by atoms with Crippen molar-refractivity contribution in [1.29, 1.82) is 0 Å². The molecule has 0 aromatic heterocycles. The van der Waals surface area contributed by atoms with Gasteiger partial charge in [-0.2, -0.15) is 0 Å². The molecular weight excluding hydrogens is 334 g/mol. The van der Waals surface area contributed by atoms with Gasteiger partial charge in [-0.15, -0.1) is 0 Å². The number of nitrogens with one attached hydrogen (secondary N) is 1. The Labute approximate surface area is 150 Å². The molecule has 1 aliphatic rings. The van der Waals surface area contributed by atoms with Gasteiger partial charge in [-0.3, -0.25) is 19.7 Å². The lowest BCUT2D eigenvalue weighted by atomic mass is 10.1. The molecule has 26 heavy (non-hydrogen) atoms. The fourth-order valence-corrected chi connectivity index (χ4v) is 3.00. The highest BCUT2D eigenvalue weighted by atomic mass is 16.6. The van der Waals surface area contributed by atoms with Crippen LogP contribution in [0, 0.1) is 23.0 Å². The van der Waals surface area contributed by atoms with E-state index in [0.717, 1.165) is 11.1 Å². The Hall–Kier alpha value is -3.22. The van der Waals surface area contributed by atoms with E-state index in [0.29, 0.717) is 18.8 Å². The Bertz CT molecular complexity index is 851. The van der Waals surface area contributed by atoms with Gasteiger partial charge in [0, 0.05) is 31.6 Å². The number of non-ortho nitro benzene ring substituents is 1. The molecule has 1 saturated heterocycles. The van der Waals surface area contributed by atoms with E-state index < -0.39 is 10.8 Å². The van der Waals surface area contributed by atoms with E-state index in [9.17, 15) is 19.7 Å². The van der Waals surface area contributed by atoms with Gasteiger partial charge < -0.3 is 10.2 Å². The average molecular weight is 353 g/mol. The number of carbonyl (C=O) groups is 2. The molecule has 0 spiro atoms. The van der Waals surface area contributed by atoms with Crippen molar-refractivity contribution in [1.82, 2.24) is 4.90 Å². The number of likely N-dealkylation sites (tertiary alicyclic amines) is 1. The van der Waals surface area contributed by atoms with E-state index in [1.165, 1.54) is 12.1 Å². The van der Waals surface area contributed by atoms with Crippen molar-refractivity contribution in [2.24, 2.45) is 5.92 Å². The van der Waals surface area contributed by atoms with Crippen LogP contribution in [0.4, 0.5) is 11.4 Å². The number of aryl methyl sites for hydroxylation is 1. The molecule has 7 heteroatoms. The highest BCUT2D eigenvalue weighted by Gasteiger charge is 2.34. The van der Waals surface area contributed by atoms with Crippen LogP contribution in [-0.4, -0.2) is 28.2 Å². The average Bonchev–Trinajstić information content (AvgIpc) is 2.98. The second-order valence-electron chi connectivity index (χ2n) is 6.41. The van der Waals surface area contributed by atoms with E-state index >= 15 is 0 Å². The van der Waals surface area contributed by atoms with Crippen molar-refractivity contribution in [3.05, 3.63) is 69.8 Å². The molecule has 0 unspecified atom stereocenters. The van der Waals surface area contributed by atoms with Gasteiger partial charge in [-0.25, -0.2) is 0 Å². The van der Waals surface area contributed by atoms with Crippen molar-refractivity contribution in [3.63, 3.8) is 0 Å². The minimum absolute atomic E-state index is 0.0650. The summed E-state index contributed by atoms with van der Waals surface area (Å²) in [4.78, 5) is 36.8. The number of carbonyl (C=O) groups excluding carboxylic acids is 2. The van der Waals surface area contributed by atoms with E-state index in [4.69, 9.17) is 0 Å². The van der Waals surface area contributed by atoms with Crippen molar-refractivity contribution >= 4 is 23.2 Å². The standard InChI is InChI=1S/C19H19N3O4/c1-13-7-8-16(22(25)26)10-17(13)20-19(24)15-9-18(23)21(12-15)11-14-5-3-2-4-6-14/h2-8,10,15H,9,11-12H2,1H3,(H,20,24)/t15-/m0/s1. The van der Waals surface area contributed by atoms with Crippen LogP contribution in [0.3, 0.4) is 0 Å². The van der Waals surface area contributed by atoms with Crippen LogP contribution in [0.1, 0.15) is 17.5 Å². The Balaban J connectivity index is 1.67. The molecule has 2 amide bonds. The van der Waals surface area contributed by atoms with Crippen LogP contribution in [0.5, 0.6) is 0 Å². The van der Waals surface area contributed by atoms with E-state index in [1.807, 2.05) is 30.3 Å². The number of nitrogens with zero attached hydrogens (tertiary/aromatic N) is 2. The number of hydrogen-bond donors (Lipinski definition) is 1. The van der Waals surface area contributed by atoms with Crippen molar-refractivity contribution in [3.8, 4) is 0 Å². The van der Waals surface area contributed by atoms with Gasteiger partial charge >= 0.3 is 0 Å². The molecular formula is C19H19N3O4. The second kappa shape index (κ2) is 7.35. The summed E-state index contributed by atoms with van der Waals surface area (Å²) in [6.07, 6.45) is 0.145. The van der Waals surface area contributed by atoms with Crippen LogP contribution in [0.15, 0.2) is 48.5 Å². The second-order valence-corrected chi connectivity index (χ2v) is 6.41. The number of hydrogen-bond acceptors (Lipinski definition) is 4. The fourth-order valence-electron chi connectivity index (χ4n) is 3.00. The van der Waals surface area contributed by atoms with Gasteiger partial charge in [-0.1, -0.05) is 36.4 Å². The molecule has 0 radical (unpaired) electrons. The number of benzene rings is 2. The quantitative estimate of drug-likeness (QED) is 0.661. The predicted molar refractivity (Wildman–Crippen MR) is 96.4 cm³/mol. The topological polar surface area (TPSA) is 92.5 Å². The molecule has 2 aromatic rings. The summed E-state index contributed by atoms with van der Waals surface area (Å²) in [5.74, 6) is -0.827. The zero-order valence-electron chi connectivity index (χ0n) is 14.3. The third-order valence-electron chi connectivity index (χ3n) is 4.49. The Morgan fingerprint density at radius 3 is 2.69 bits per heavy atom. The first-order valence-electron chi connectivity index (χ1n) is 8.31. The molecule has 0 aliphatic carbocycles. The third-order valence-corrected chi connectivity index (χ3v) is 4.49. The molecule has 1 N–H and O–H groups in total. The lowest BCUT2D eigenvalue weighted by Crippen LogP contribution is -2.28. The molecule has 7 nitrogen and oxygen atoms in total. The SMILES string of the molecule is Cc1ccc([N+](=O)[O-])cc1NC(=O)[C@H]1CC(=O)N(Cc2ccccc2)C1. The molecule has 1 heterocycles. The van der Waals surface area contributed by atoms with Gasteiger partial charge in [0.15, 0.2) is 0 Å². The number of nitro groups is 1. The molecule has 1 fully saturated rings. The number of rotatable bonds is 5. The van der Waals surface area contributed by atoms with Crippen LogP contribution in [0.25, 0.3) is 0 Å². The summed E-state index contributed by atoms with van der Waals surface area (Å²) in [5.41, 5.74) is 2.06. The van der Waals surface area contributed by atoms with Crippen molar-refractivity contribution in [2.75, 3.05) is 11.9 Å². The highest BCUT2D eigenvalue weighted by molar-refractivity contribution is 5.97. The first-order valence-corrected chi connectivity index (χ1v) is 8.31. The lowest BCUT2D eigenvalue weighted by Gasteiger charge is -2.17. The molecule has 134 valence electrons. The molecule has 0 bridgehead atoms. The summed E-state index contributed by atoms with van der Waals surface area (Å²) in [6.45, 7) is 2.58. The van der Waals surface area contributed by atoms with Crippen molar-refractivity contribution in [2.45, 2.75) is 19.9 Å². The normalized spacial score (nSPS) is 16.6. The van der Waals surface area contributed by atoms with Crippen molar-refractivity contribution < 1.29 is 14.5 Å². The Kier molecular flexibility index (Phi) is 4.97. The summed E-state index contributed by atoms with van der Waals surface area (Å²) in [5, 5.41) is 13.6. The zero-order valence-corrected chi connectivity index (χ0v) is 14.3. The summed E-state index contributed by atoms with van der Waals surface area (Å²) < 4.78 is 0. The van der Waals surface area contributed by atoms with E-state index in [2.05, 4.69) is 5.32 Å². The summed E-state index contributed by atoms with van der Waals surface area (Å²) >= 11 is 0. The number of anilines is 1. The third kappa shape index (κ3) is 3.88. The van der Waals surface area contributed by atoms with Crippen LogP contribution in [-0.2, 0) is 16.1 Å². The van der Waals surface area contributed by atoms with Crippen LogP contribution >= 0.6 is 0 Å². The molecule has 2 aromatic carbocycles. The largest absolute Gasteiger partial charge is 0.338 e. The zero-order chi connectivity index (χ0) is 18.7. The molecule has 1 aliphatic heterocycles. The minimum atomic E-state index is -0.504.